The van der Waals surface area contributed by atoms with Gasteiger partial charge in [0.05, 0.1) is 36.6 Å². The minimum Gasteiger partial charge on any atom is -0.462 e. The minimum atomic E-state index is -2.10. The van der Waals surface area contributed by atoms with E-state index in [1.165, 1.54) is 64.2 Å². The van der Waals surface area contributed by atoms with Crippen molar-refractivity contribution in [2.45, 2.75) is 279 Å². The Morgan fingerprint density at radius 2 is 1.32 bits per heavy atom. The number of carbonyl (C=O) groups is 2. The van der Waals surface area contributed by atoms with Crippen molar-refractivity contribution in [3.63, 3.8) is 0 Å². The van der Waals surface area contributed by atoms with Crippen molar-refractivity contribution in [2.24, 2.45) is 0 Å². The highest BCUT2D eigenvalue weighted by atomic mass is 32.2. The van der Waals surface area contributed by atoms with E-state index in [0.717, 1.165) is 56.3 Å². The lowest BCUT2D eigenvalue weighted by Crippen LogP contribution is -2.48. The summed E-state index contributed by atoms with van der Waals surface area (Å²) in [6, 6.07) is 10.1. The monoisotopic (exact) mass is 929 g/mol. The van der Waals surface area contributed by atoms with Crippen LogP contribution < -0.4 is 0 Å². The summed E-state index contributed by atoms with van der Waals surface area (Å²) in [7, 11) is -4.11. The fourth-order valence-corrected chi connectivity index (χ4v) is 13.3. The lowest BCUT2D eigenvalue weighted by Gasteiger charge is -2.42. The molecule has 3 aliphatic rings. The SMILES string of the molecule is CCCCCCCCCCCC[C@H](O[Si](C)(C)C(C)(C)C)[C@@H]1CC[C@H]([C@@H](CC/C=C/C(=O)C[C@H]2CCC[C@@H](CC3(Sc4ccccc4)C[C@H](C)OC3=O)O2)O[Si](C)(C)C(C)(C)C)O1. The van der Waals surface area contributed by atoms with Crippen molar-refractivity contribution >= 4 is 40.1 Å². The van der Waals surface area contributed by atoms with Crippen LogP contribution in [0.25, 0.3) is 0 Å². The standard InChI is InChI=1S/C53H92O7SSi2/c1-13-14-15-16-17-18-19-20-21-25-34-48(59-62(9,10)51(3,4)5)46-36-37-47(58-46)49(60-63(11,12)52(6,7)8)35-27-26-29-42(54)38-43-30-28-31-44(57-43)40-53(39-41(2)56-50(53)55)61-45-32-23-22-24-33-45/h22-24,26,29,32-33,41,43-44,46-49H,13-21,25,27-28,30-31,34-40H2,1-12H3/b29-26+/t41-,43+,44-,46-,47+,48-,49+,53?/m0/s1. The molecule has 7 nitrogen and oxygen atoms in total. The second-order valence-electron chi connectivity index (χ2n) is 22.6. The average molecular weight is 930 g/mol. The summed E-state index contributed by atoms with van der Waals surface area (Å²) in [6.07, 6.45) is 25.9. The molecule has 10 heteroatoms. The van der Waals surface area contributed by atoms with E-state index in [9.17, 15) is 9.59 Å². The van der Waals surface area contributed by atoms with Gasteiger partial charge < -0.3 is 23.1 Å². The van der Waals surface area contributed by atoms with Crippen LogP contribution in [0.5, 0.6) is 0 Å². The summed E-state index contributed by atoms with van der Waals surface area (Å²) < 4.78 is 33.1. The van der Waals surface area contributed by atoms with Gasteiger partial charge in [0, 0.05) is 17.7 Å². The van der Waals surface area contributed by atoms with Crippen molar-refractivity contribution in [3.8, 4) is 0 Å². The van der Waals surface area contributed by atoms with Gasteiger partial charge >= 0.3 is 5.97 Å². The number of allylic oxidation sites excluding steroid dienone is 2. The molecular formula is C53H92O7SSi2. The van der Waals surface area contributed by atoms with Crippen LogP contribution in [0.2, 0.25) is 36.3 Å². The van der Waals surface area contributed by atoms with E-state index in [1.54, 1.807) is 17.8 Å². The number of unbranched alkanes of at least 4 members (excludes halogenated alkanes) is 9. The molecule has 0 radical (unpaired) electrons. The second-order valence-corrected chi connectivity index (χ2v) is 33.6. The van der Waals surface area contributed by atoms with Crippen molar-refractivity contribution in [1.82, 2.24) is 0 Å². The molecule has 4 rings (SSSR count). The summed E-state index contributed by atoms with van der Waals surface area (Å²) >= 11 is 1.61. The van der Waals surface area contributed by atoms with Gasteiger partial charge in [0.15, 0.2) is 22.4 Å². The smallest absolute Gasteiger partial charge is 0.323 e. The number of benzene rings is 1. The number of ketones is 1. The van der Waals surface area contributed by atoms with Gasteiger partial charge in [-0.2, -0.15) is 0 Å². The van der Waals surface area contributed by atoms with Gasteiger partial charge in [-0.3, -0.25) is 9.59 Å². The zero-order valence-electron chi connectivity index (χ0n) is 42.2. The first-order chi connectivity index (χ1) is 29.6. The first-order valence-corrected chi connectivity index (χ1v) is 32.1. The molecule has 3 saturated heterocycles. The Bertz CT molecular complexity index is 1540. The Morgan fingerprint density at radius 3 is 1.86 bits per heavy atom. The van der Waals surface area contributed by atoms with E-state index < -0.39 is 21.4 Å². The summed E-state index contributed by atoms with van der Waals surface area (Å²) in [6.45, 7) is 27.7. The van der Waals surface area contributed by atoms with Crippen LogP contribution in [0.3, 0.4) is 0 Å². The number of cyclic esters (lactones) is 1. The van der Waals surface area contributed by atoms with Gasteiger partial charge in [-0.15, -0.1) is 11.8 Å². The van der Waals surface area contributed by atoms with Gasteiger partial charge in [0.2, 0.25) is 0 Å². The fourth-order valence-electron chi connectivity index (χ4n) is 9.12. The highest BCUT2D eigenvalue weighted by Crippen LogP contribution is 2.47. The third-order valence-corrected chi connectivity index (χ3v) is 25.4. The molecule has 0 bridgehead atoms. The van der Waals surface area contributed by atoms with E-state index in [-0.39, 0.29) is 64.6 Å². The van der Waals surface area contributed by atoms with Crippen LogP contribution in [0.15, 0.2) is 47.4 Å². The number of rotatable bonds is 27. The largest absolute Gasteiger partial charge is 0.462 e. The number of esters is 1. The molecule has 0 spiro atoms. The molecule has 0 aromatic heterocycles. The van der Waals surface area contributed by atoms with Gasteiger partial charge in [-0.25, -0.2) is 0 Å². The molecular weight excluding hydrogens is 837 g/mol. The average Bonchev–Trinajstić information content (AvgIpc) is 3.79. The van der Waals surface area contributed by atoms with Crippen LogP contribution in [0.4, 0.5) is 0 Å². The quantitative estimate of drug-likeness (QED) is 0.0374. The Hall–Kier alpha value is -1.28. The molecule has 360 valence electrons. The van der Waals surface area contributed by atoms with E-state index in [4.69, 9.17) is 23.1 Å². The molecule has 1 aromatic carbocycles. The Labute approximate surface area is 392 Å². The summed E-state index contributed by atoms with van der Waals surface area (Å²) in [5, 5.41) is 0.213. The van der Waals surface area contributed by atoms with Crippen molar-refractivity contribution in [2.75, 3.05) is 0 Å². The van der Waals surface area contributed by atoms with Crippen LogP contribution in [0.1, 0.15) is 190 Å². The highest BCUT2D eigenvalue weighted by Gasteiger charge is 2.51. The Kier molecular flexibility index (Phi) is 21.7. The molecule has 8 atom stereocenters. The minimum absolute atomic E-state index is 0.0162. The first-order valence-electron chi connectivity index (χ1n) is 25.5. The normalized spacial score (nSPS) is 26.0. The topological polar surface area (TPSA) is 80.3 Å². The third-order valence-electron chi connectivity index (χ3n) is 15.0. The first kappa shape index (κ1) is 54.3. The Morgan fingerprint density at radius 1 is 0.778 bits per heavy atom. The number of ether oxygens (including phenoxy) is 3. The zero-order valence-corrected chi connectivity index (χ0v) is 45.0. The van der Waals surface area contributed by atoms with E-state index in [1.807, 2.05) is 31.2 Å². The number of hydrogen-bond donors (Lipinski definition) is 0. The number of thioether (sulfide) groups is 1. The lowest BCUT2D eigenvalue weighted by atomic mass is 9.91. The molecule has 0 N–H and O–H groups in total. The molecule has 0 amide bonds. The molecule has 3 fully saturated rings. The maximum atomic E-state index is 13.4. The Balaban J connectivity index is 1.34. The molecule has 1 unspecified atom stereocenters. The maximum Gasteiger partial charge on any atom is 0.323 e. The molecule has 0 aliphatic carbocycles. The van der Waals surface area contributed by atoms with Gasteiger partial charge in [-0.05, 0) is 119 Å². The fraction of sp³-hybridized carbons (Fsp3) is 0.811. The molecule has 63 heavy (non-hydrogen) atoms. The predicted molar refractivity (Wildman–Crippen MR) is 269 cm³/mol. The molecule has 0 saturated carbocycles. The zero-order chi connectivity index (χ0) is 46.3. The van der Waals surface area contributed by atoms with Gasteiger partial charge in [0.1, 0.15) is 10.9 Å². The van der Waals surface area contributed by atoms with E-state index in [2.05, 4.69) is 86.8 Å². The van der Waals surface area contributed by atoms with Crippen LogP contribution in [0, 0.1) is 0 Å². The van der Waals surface area contributed by atoms with Crippen molar-refractivity contribution in [1.29, 1.82) is 0 Å². The van der Waals surface area contributed by atoms with Crippen molar-refractivity contribution < 1.29 is 32.7 Å². The number of carbonyl (C=O) groups excluding carboxylic acids is 2. The van der Waals surface area contributed by atoms with E-state index >= 15 is 0 Å². The molecule has 1 aromatic rings. The third kappa shape index (κ3) is 17.4. The maximum absolute atomic E-state index is 13.4. The van der Waals surface area contributed by atoms with Crippen LogP contribution in [-0.4, -0.2) is 75.9 Å². The van der Waals surface area contributed by atoms with Crippen LogP contribution in [-0.2, 0) is 32.7 Å². The van der Waals surface area contributed by atoms with Crippen LogP contribution >= 0.6 is 11.8 Å². The summed E-state index contributed by atoms with van der Waals surface area (Å²) in [5.74, 6) is -0.0499. The van der Waals surface area contributed by atoms with E-state index in [0.29, 0.717) is 19.3 Å². The van der Waals surface area contributed by atoms with Gasteiger partial charge in [-0.1, -0.05) is 137 Å². The molecule has 3 heterocycles. The lowest BCUT2D eigenvalue weighted by molar-refractivity contribution is -0.144. The second kappa shape index (κ2) is 25.2. The predicted octanol–water partition coefficient (Wildman–Crippen LogP) is 15.1. The summed E-state index contributed by atoms with van der Waals surface area (Å²) in [4.78, 5) is 27.8. The van der Waals surface area contributed by atoms with Crippen molar-refractivity contribution in [3.05, 3.63) is 42.5 Å². The highest BCUT2D eigenvalue weighted by molar-refractivity contribution is 8.01. The van der Waals surface area contributed by atoms with Gasteiger partial charge in [0.25, 0.3) is 0 Å². The summed E-state index contributed by atoms with van der Waals surface area (Å²) in [5.41, 5.74) is 0. The molecule has 3 aliphatic heterocycles. The number of hydrogen-bond acceptors (Lipinski definition) is 8.